The number of carboxylic acid groups (broad SMARTS) is 1. The van der Waals surface area contributed by atoms with Crippen LogP contribution in [0.4, 0.5) is 0 Å². The zero-order chi connectivity index (χ0) is 11.7. The van der Waals surface area contributed by atoms with Crippen molar-refractivity contribution in [1.29, 1.82) is 0 Å². The summed E-state index contributed by atoms with van der Waals surface area (Å²) in [4.78, 5) is 19.9. The molecule has 0 bridgehead atoms. The van der Waals surface area contributed by atoms with Crippen LogP contribution >= 0.6 is 11.3 Å². The molecule has 16 heavy (non-hydrogen) atoms. The van der Waals surface area contributed by atoms with E-state index in [0.717, 1.165) is 10.6 Å². The molecule has 0 saturated heterocycles. The summed E-state index contributed by atoms with van der Waals surface area (Å²) in [5.74, 6) is -1.01. The number of aromatic carboxylic acids is 1. The normalized spacial score (nSPS) is 10.4. The predicted molar refractivity (Wildman–Crippen MR) is 61.8 cm³/mol. The lowest BCUT2D eigenvalue weighted by atomic mass is 10.1. The van der Waals surface area contributed by atoms with E-state index in [2.05, 4.69) is 9.97 Å². The van der Waals surface area contributed by atoms with Crippen LogP contribution < -0.4 is 0 Å². The fraction of sp³-hybridized carbons (Fsp3) is 0.182. The second kappa shape index (κ2) is 4.02. The molecule has 0 saturated carbocycles. The second-order valence-electron chi connectivity index (χ2n) is 3.38. The molecule has 2 aromatic rings. The number of rotatable bonds is 2. The van der Waals surface area contributed by atoms with Gasteiger partial charge in [-0.3, -0.25) is 4.98 Å². The first kappa shape index (κ1) is 10.8. The van der Waals surface area contributed by atoms with Crippen molar-refractivity contribution >= 4 is 17.3 Å². The van der Waals surface area contributed by atoms with Crippen molar-refractivity contribution in [2.24, 2.45) is 0 Å². The summed E-state index contributed by atoms with van der Waals surface area (Å²) in [5.41, 5.74) is 1.74. The van der Waals surface area contributed by atoms with Gasteiger partial charge in [-0.2, -0.15) is 0 Å². The molecule has 5 heteroatoms. The Bertz CT molecular complexity index is 549. The van der Waals surface area contributed by atoms with Crippen LogP contribution in [0.15, 0.2) is 18.3 Å². The maximum absolute atomic E-state index is 11.0. The van der Waals surface area contributed by atoms with Gasteiger partial charge in [0, 0.05) is 6.20 Å². The Morgan fingerprint density at radius 3 is 2.81 bits per heavy atom. The molecule has 82 valence electrons. The number of aryl methyl sites for hydroxylation is 2. The largest absolute Gasteiger partial charge is 0.476 e. The maximum Gasteiger partial charge on any atom is 0.356 e. The van der Waals surface area contributed by atoms with Crippen molar-refractivity contribution in [2.75, 3.05) is 0 Å². The van der Waals surface area contributed by atoms with E-state index in [-0.39, 0.29) is 5.69 Å². The van der Waals surface area contributed by atoms with Crippen LogP contribution in [-0.2, 0) is 0 Å². The van der Waals surface area contributed by atoms with Gasteiger partial charge in [0.2, 0.25) is 0 Å². The average Bonchev–Trinajstić information content (AvgIpc) is 2.61. The Balaban J connectivity index is 2.64. The van der Waals surface area contributed by atoms with Crippen LogP contribution in [0.3, 0.4) is 0 Å². The fourth-order valence-electron chi connectivity index (χ4n) is 1.46. The SMILES string of the molecule is Cc1nc(C(=O)O)c(-c2ncccc2C)s1. The molecule has 0 radical (unpaired) electrons. The monoisotopic (exact) mass is 234 g/mol. The van der Waals surface area contributed by atoms with E-state index in [0.29, 0.717) is 10.6 Å². The van der Waals surface area contributed by atoms with Gasteiger partial charge in [-0.05, 0) is 25.5 Å². The first-order chi connectivity index (χ1) is 7.59. The highest BCUT2D eigenvalue weighted by Gasteiger charge is 2.19. The molecule has 0 aliphatic carbocycles. The molecule has 1 N–H and O–H groups in total. The first-order valence-corrected chi connectivity index (χ1v) is 5.54. The first-order valence-electron chi connectivity index (χ1n) is 4.72. The summed E-state index contributed by atoms with van der Waals surface area (Å²) in [6, 6.07) is 3.73. The molecular weight excluding hydrogens is 224 g/mol. The minimum Gasteiger partial charge on any atom is -0.476 e. The van der Waals surface area contributed by atoms with Gasteiger partial charge in [-0.25, -0.2) is 9.78 Å². The molecule has 0 unspecified atom stereocenters. The second-order valence-corrected chi connectivity index (χ2v) is 4.59. The molecule has 0 fully saturated rings. The van der Waals surface area contributed by atoms with E-state index in [1.165, 1.54) is 11.3 Å². The smallest absolute Gasteiger partial charge is 0.356 e. The summed E-state index contributed by atoms with van der Waals surface area (Å²) in [6.07, 6.45) is 1.66. The summed E-state index contributed by atoms with van der Waals surface area (Å²) in [5, 5.41) is 9.78. The summed E-state index contributed by atoms with van der Waals surface area (Å²) < 4.78 is 0. The third-order valence-electron chi connectivity index (χ3n) is 2.16. The van der Waals surface area contributed by atoms with Gasteiger partial charge in [0.1, 0.15) is 0 Å². The molecule has 0 amide bonds. The Morgan fingerprint density at radius 1 is 1.44 bits per heavy atom. The van der Waals surface area contributed by atoms with E-state index in [1.807, 2.05) is 19.1 Å². The van der Waals surface area contributed by atoms with Crippen LogP contribution in [0.25, 0.3) is 10.6 Å². The highest BCUT2D eigenvalue weighted by atomic mass is 32.1. The summed E-state index contributed by atoms with van der Waals surface area (Å²) in [7, 11) is 0. The fourth-order valence-corrected chi connectivity index (χ4v) is 2.43. The third kappa shape index (κ3) is 1.81. The van der Waals surface area contributed by atoms with Crippen molar-refractivity contribution < 1.29 is 9.90 Å². The van der Waals surface area contributed by atoms with Gasteiger partial charge in [0.15, 0.2) is 5.69 Å². The van der Waals surface area contributed by atoms with Gasteiger partial charge in [-0.15, -0.1) is 11.3 Å². The molecule has 0 atom stereocenters. The Kier molecular flexibility index (Phi) is 2.70. The molecule has 0 aromatic carbocycles. The number of thiazole rings is 1. The van der Waals surface area contributed by atoms with Crippen molar-refractivity contribution in [1.82, 2.24) is 9.97 Å². The zero-order valence-electron chi connectivity index (χ0n) is 8.89. The van der Waals surface area contributed by atoms with Crippen LogP contribution in [0.2, 0.25) is 0 Å². The zero-order valence-corrected chi connectivity index (χ0v) is 9.71. The lowest BCUT2D eigenvalue weighted by Crippen LogP contribution is -2.00. The van der Waals surface area contributed by atoms with Gasteiger partial charge >= 0.3 is 5.97 Å². The van der Waals surface area contributed by atoms with E-state index >= 15 is 0 Å². The topological polar surface area (TPSA) is 63.1 Å². The molecule has 4 nitrogen and oxygen atoms in total. The van der Waals surface area contributed by atoms with Gasteiger partial charge in [0.25, 0.3) is 0 Å². The van der Waals surface area contributed by atoms with Crippen molar-refractivity contribution in [2.45, 2.75) is 13.8 Å². The number of carbonyl (C=O) groups is 1. The molecule has 2 aromatic heterocycles. The Morgan fingerprint density at radius 2 is 2.19 bits per heavy atom. The maximum atomic E-state index is 11.0. The van der Waals surface area contributed by atoms with Crippen LogP contribution in [0, 0.1) is 13.8 Å². The Hall–Kier alpha value is -1.75. The number of nitrogens with zero attached hydrogens (tertiary/aromatic N) is 2. The highest BCUT2D eigenvalue weighted by molar-refractivity contribution is 7.15. The van der Waals surface area contributed by atoms with E-state index < -0.39 is 5.97 Å². The lowest BCUT2D eigenvalue weighted by molar-refractivity contribution is 0.0692. The number of carboxylic acids is 1. The van der Waals surface area contributed by atoms with Gasteiger partial charge < -0.3 is 5.11 Å². The van der Waals surface area contributed by atoms with Crippen LogP contribution in [-0.4, -0.2) is 21.0 Å². The molecule has 2 heterocycles. The molecule has 0 spiro atoms. The minimum absolute atomic E-state index is 0.0873. The van der Waals surface area contributed by atoms with Crippen molar-refractivity contribution in [3.8, 4) is 10.6 Å². The quantitative estimate of drug-likeness (QED) is 0.867. The number of pyridine rings is 1. The predicted octanol–water partition coefficient (Wildman–Crippen LogP) is 2.52. The van der Waals surface area contributed by atoms with Gasteiger partial charge in [-0.1, -0.05) is 6.07 Å². The molecular formula is C11H10N2O2S. The highest BCUT2D eigenvalue weighted by Crippen LogP contribution is 2.30. The van der Waals surface area contributed by atoms with Crippen LogP contribution in [0.5, 0.6) is 0 Å². The number of hydrogen-bond donors (Lipinski definition) is 1. The van der Waals surface area contributed by atoms with E-state index in [9.17, 15) is 4.79 Å². The van der Waals surface area contributed by atoms with E-state index in [1.54, 1.807) is 13.1 Å². The average molecular weight is 234 g/mol. The molecule has 0 aliphatic rings. The number of hydrogen-bond acceptors (Lipinski definition) is 4. The standard InChI is InChI=1S/C11H10N2O2S/c1-6-4-3-5-12-8(6)10-9(11(14)15)13-7(2)16-10/h3-5H,1-2H3,(H,14,15). The molecule has 2 rings (SSSR count). The van der Waals surface area contributed by atoms with Crippen LogP contribution in [0.1, 0.15) is 21.1 Å². The summed E-state index contributed by atoms with van der Waals surface area (Å²) in [6.45, 7) is 3.70. The third-order valence-corrected chi connectivity index (χ3v) is 3.14. The van der Waals surface area contributed by atoms with Crippen molar-refractivity contribution in [3.63, 3.8) is 0 Å². The van der Waals surface area contributed by atoms with Crippen molar-refractivity contribution in [3.05, 3.63) is 34.6 Å². The minimum atomic E-state index is -1.01. The van der Waals surface area contributed by atoms with Gasteiger partial charge in [0.05, 0.1) is 15.6 Å². The molecule has 0 aliphatic heterocycles. The lowest BCUT2D eigenvalue weighted by Gasteiger charge is -2.01. The Labute approximate surface area is 96.6 Å². The summed E-state index contributed by atoms with van der Waals surface area (Å²) >= 11 is 1.36. The number of aromatic nitrogens is 2. The van der Waals surface area contributed by atoms with E-state index in [4.69, 9.17) is 5.11 Å².